The van der Waals surface area contributed by atoms with Crippen LogP contribution in [-0.4, -0.2) is 15.9 Å². The maximum absolute atomic E-state index is 10.0. The Kier molecular flexibility index (Phi) is 8.84. The van der Waals surface area contributed by atoms with Crippen LogP contribution in [-0.2, 0) is 31.3 Å². The van der Waals surface area contributed by atoms with E-state index in [1.807, 2.05) is 18.3 Å². The standard InChI is InChI=1S/C26H22NO.C5H8O2.Ir/c1-16(2)12-18-8-9-20-19(15-18)10-11-27-25(20)23-14-17(3)13-22-21-6-4-5-7-24(21)28-26(22)23;1-4(6)3-5(2)7;/h4-11,13,15-16H,12H2,1-3H3;3,6H,1-2H3;/q-1;;/b;4-3-;. The van der Waals surface area contributed by atoms with Gasteiger partial charge in [-0.1, -0.05) is 68.1 Å². The fourth-order valence-electron chi connectivity index (χ4n) is 4.39. The summed E-state index contributed by atoms with van der Waals surface area (Å²) in [6.07, 6.45) is 4.14. The van der Waals surface area contributed by atoms with E-state index < -0.39 is 0 Å². The predicted molar refractivity (Wildman–Crippen MR) is 144 cm³/mol. The summed E-state index contributed by atoms with van der Waals surface area (Å²) in [4.78, 5) is 14.8. The number of nitrogens with zero attached hydrogens (tertiary/aromatic N) is 1. The van der Waals surface area contributed by atoms with Gasteiger partial charge in [0.2, 0.25) is 0 Å². The molecule has 0 saturated carbocycles. The second kappa shape index (κ2) is 11.6. The molecule has 0 saturated heterocycles. The van der Waals surface area contributed by atoms with Gasteiger partial charge in [-0.25, -0.2) is 0 Å². The first-order valence-corrected chi connectivity index (χ1v) is 11.8. The number of aryl methyl sites for hydroxylation is 1. The van der Waals surface area contributed by atoms with Gasteiger partial charge in [0.15, 0.2) is 5.78 Å². The minimum atomic E-state index is -0.125. The van der Waals surface area contributed by atoms with E-state index in [2.05, 4.69) is 69.3 Å². The van der Waals surface area contributed by atoms with Gasteiger partial charge in [-0.15, -0.1) is 17.7 Å². The van der Waals surface area contributed by atoms with Gasteiger partial charge in [-0.05, 0) is 60.3 Å². The Morgan fingerprint density at radius 1 is 1.06 bits per heavy atom. The van der Waals surface area contributed by atoms with Crippen LogP contribution in [0.25, 0.3) is 44.0 Å². The van der Waals surface area contributed by atoms with Crippen LogP contribution in [0.4, 0.5) is 0 Å². The van der Waals surface area contributed by atoms with Gasteiger partial charge in [0.25, 0.3) is 0 Å². The van der Waals surface area contributed by atoms with Crippen LogP contribution in [0.2, 0.25) is 0 Å². The summed E-state index contributed by atoms with van der Waals surface area (Å²) in [6.45, 7) is 9.43. The average Bonchev–Trinajstić information content (AvgIpc) is 3.16. The number of hydrogen-bond acceptors (Lipinski definition) is 4. The first-order valence-electron chi connectivity index (χ1n) is 11.8. The summed E-state index contributed by atoms with van der Waals surface area (Å²) >= 11 is 0. The zero-order valence-corrected chi connectivity index (χ0v) is 23.6. The zero-order chi connectivity index (χ0) is 25.1. The van der Waals surface area contributed by atoms with Gasteiger partial charge in [0.1, 0.15) is 5.58 Å². The molecular weight excluding hydrogens is 627 g/mol. The Hall–Kier alpha value is -3.27. The molecular formula is C31H30IrNO3-. The summed E-state index contributed by atoms with van der Waals surface area (Å²) in [7, 11) is 0. The number of hydrogen-bond donors (Lipinski definition) is 1. The number of furan rings is 1. The predicted octanol–water partition coefficient (Wildman–Crippen LogP) is 8.14. The summed E-state index contributed by atoms with van der Waals surface area (Å²) in [5, 5.41) is 13.0. The first-order chi connectivity index (χ1) is 16.7. The number of benzene rings is 3. The number of allylic oxidation sites excluding steroid dienone is 2. The Morgan fingerprint density at radius 3 is 2.47 bits per heavy atom. The van der Waals surface area contributed by atoms with Crippen LogP contribution >= 0.6 is 0 Å². The van der Waals surface area contributed by atoms with Crippen LogP contribution in [0.3, 0.4) is 0 Å². The Labute approximate surface area is 225 Å². The largest absolute Gasteiger partial charge is 0.512 e. The maximum Gasteiger partial charge on any atom is 0.155 e. The molecule has 0 bridgehead atoms. The molecule has 3 aromatic carbocycles. The Morgan fingerprint density at radius 2 is 1.81 bits per heavy atom. The number of rotatable bonds is 4. The summed E-state index contributed by atoms with van der Waals surface area (Å²) in [5.41, 5.74) is 6.08. The van der Waals surface area contributed by atoms with Crippen molar-refractivity contribution >= 4 is 38.5 Å². The van der Waals surface area contributed by atoms with Gasteiger partial charge in [0, 0.05) is 37.8 Å². The third kappa shape index (κ3) is 6.10. The van der Waals surface area contributed by atoms with E-state index in [0.29, 0.717) is 5.92 Å². The molecule has 0 fully saturated rings. The molecule has 0 spiro atoms. The molecule has 0 aliphatic rings. The van der Waals surface area contributed by atoms with Gasteiger partial charge in [-0.2, -0.15) is 0 Å². The fraction of sp³-hybridized carbons (Fsp3) is 0.226. The van der Waals surface area contributed by atoms with Crippen molar-refractivity contribution < 1.29 is 34.4 Å². The molecule has 1 radical (unpaired) electrons. The molecule has 5 aromatic rings. The molecule has 2 heterocycles. The number of carbonyl (C=O) groups excluding carboxylic acids is 1. The molecule has 0 amide bonds. The van der Waals surface area contributed by atoms with Crippen LogP contribution in [0, 0.1) is 18.9 Å². The molecule has 0 atom stereocenters. The van der Waals surface area contributed by atoms with E-state index in [1.165, 1.54) is 30.9 Å². The van der Waals surface area contributed by atoms with Crippen molar-refractivity contribution in [2.24, 2.45) is 5.92 Å². The molecule has 0 unspecified atom stereocenters. The van der Waals surface area contributed by atoms with Crippen LogP contribution in [0.1, 0.15) is 38.8 Å². The molecule has 0 aliphatic heterocycles. The molecule has 5 heteroatoms. The minimum absolute atomic E-state index is 0. The van der Waals surface area contributed by atoms with E-state index in [9.17, 15) is 4.79 Å². The molecule has 36 heavy (non-hydrogen) atoms. The molecule has 2 aromatic heterocycles. The SMILES string of the molecule is CC(=O)/C=C(/C)O.Cc1[c-]c(-c2nccc3cc(CC(C)C)ccc23)c2oc3ccccc3c2c1.[Ir]. The molecule has 1 N–H and O–H groups in total. The fourth-order valence-corrected chi connectivity index (χ4v) is 4.39. The number of fused-ring (bicyclic) bond motifs is 4. The third-order valence-corrected chi connectivity index (χ3v) is 5.67. The van der Waals surface area contributed by atoms with Crippen LogP contribution in [0.5, 0.6) is 0 Å². The number of para-hydroxylation sites is 1. The number of carbonyl (C=O) groups is 1. The zero-order valence-electron chi connectivity index (χ0n) is 21.2. The number of pyridine rings is 1. The van der Waals surface area contributed by atoms with Crippen molar-refractivity contribution in [2.75, 3.05) is 0 Å². The number of aromatic nitrogens is 1. The summed E-state index contributed by atoms with van der Waals surface area (Å²) in [5.74, 6) is 0.575. The molecule has 187 valence electrons. The van der Waals surface area contributed by atoms with Gasteiger partial charge >= 0.3 is 0 Å². The van der Waals surface area contributed by atoms with E-state index in [-0.39, 0.29) is 31.6 Å². The second-order valence-corrected chi connectivity index (χ2v) is 9.38. The smallest absolute Gasteiger partial charge is 0.155 e. The average molecular weight is 657 g/mol. The van der Waals surface area contributed by atoms with Gasteiger partial charge < -0.3 is 14.5 Å². The van der Waals surface area contributed by atoms with E-state index >= 15 is 0 Å². The molecule has 5 rings (SSSR count). The number of aliphatic hydroxyl groups is 1. The van der Waals surface area contributed by atoms with Crippen molar-refractivity contribution in [3.8, 4) is 11.3 Å². The van der Waals surface area contributed by atoms with Crippen molar-refractivity contribution in [3.63, 3.8) is 0 Å². The second-order valence-electron chi connectivity index (χ2n) is 9.38. The molecule has 0 aliphatic carbocycles. The summed E-state index contributed by atoms with van der Waals surface area (Å²) in [6, 6.07) is 22.6. The van der Waals surface area contributed by atoms with E-state index in [1.54, 1.807) is 0 Å². The quantitative estimate of drug-likeness (QED) is 0.121. The number of ketones is 1. The Balaban J connectivity index is 0.000000400. The Bertz CT molecular complexity index is 1560. The van der Waals surface area contributed by atoms with Crippen LogP contribution in [0.15, 0.2) is 77.0 Å². The van der Waals surface area contributed by atoms with Crippen molar-refractivity contribution in [2.45, 2.75) is 41.0 Å². The van der Waals surface area contributed by atoms with Crippen molar-refractivity contribution in [1.82, 2.24) is 4.98 Å². The first kappa shape index (κ1) is 27.3. The van der Waals surface area contributed by atoms with E-state index in [4.69, 9.17) is 14.5 Å². The molecule has 4 nitrogen and oxygen atoms in total. The van der Waals surface area contributed by atoms with Gasteiger partial charge in [-0.3, -0.25) is 4.79 Å². The van der Waals surface area contributed by atoms with Gasteiger partial charge in [0.05, 0.1) is 11.3 Å². The number of aliphatic hydroxyl groups excluding tert-OH is 1. The van der Waals surface area contributed by atoms with Crippen LogP contribution < -0.4 is 0 Å². The monoisotopic (exact) mass is 657 g/mol. The minimum Gasteiger partial charge on any atom is -0.512 e. The third-order valence-electron chi connectivity index (χ3n) is 5.67. The maximum atomic E-state index is 10.0. The topological polar surface area (TPSA) is 63.3 Å². The van der Waals surface area contributed by atoms with Crippen molar-refractivity contribution in [1.29, 1.82) is 0 Å². The summed E-state index contributed by atoms with van der Waals surface area (Å²) < 4.78 is 6.25. The van der Waals surface area contributed by atoms with E-state index in [0.717, 1.165) is 50.6 Å². The van der Waals surface area contributed by atoms with Crippen molar-refractivity contribution in [3.05, 3.63) is 89.8 Å². The normalized spacial score (nSPS) is 11.4.